The molecule has 1 aromatic carbocycles. The highest BCUT2D eigenvalue weighted by Gasteiger charge is 2.22. The fraction of sp³-hybridized carbons (Fsp3) is 0.375. The lowest BCUT2D eigenvalue weighted by Crippen LogP contribution is -2.22. The Hall–Kier alpha value is -1.26. The van der Waals surface area contributed by atoms with Crippen LogP contribution in [0.2, 0.25) is 5.15 Å². The first kappa shape index (κ1) is 16.1. The molecule has 2 rings (SSSR count). The van der Waals surface area contributed by atoms with Crippen LogP contribution in [0.3, 0.4) is 0 Å². The largest absolute Gasteiger partial charge is 0.480 e. The zero-order valence-corrected chi connectivity index (χ0v) is 13.8. The molecule has 1 aromatic heterocycles. The Balaban J connectivity index is 2.24. The Morgan fingerprint density at radius 3 is 2.71 bits per heavy atom. The van der Waals surface area contributed by atoms with Crippen molar-refractivity contribution in [3.05, 3.63) is 40.5 Å². The van der Waals surface area contributed by atoms with Gasteiger partial charge < -0.3 is 5.11 Å². The van der Waals surface area contributed by atoms with Crippen LogP contribution in [0.5, 0.6) is 0 Å². The molecule has 0 aliphatic carbocycles. The molecule has 0 saturated heterocycles. The fourth-order valence-corrected chi connectivity index (χ4v) is 3.53. The lowest BCUT2D eigenvalue weighted by Gasteiger charge is -2.16. The van der Waals surface area contributed by atoms with E-state index in [1.165, 1.54) is 11.8 Å². The predicted octanol–water partition coefficient (Wildman–Crippen LogP) is 4.54. The van der Waals surface area contributed by atoms with E-state index < -0.39 is 11.2 Å². The average Bonchev–Trinajstić information content (AvgIpc) is 2.38. The summed E-state index contributed by atoms with van der Waals surface area (Å²) in [5.74, 6) is -0.164. The third-order valence-corrected chi connectivity index (χ3v) is 5.18. The standard InChI is InChI=1S/C16H18ClNO2S/c1-9(2)14(16(19)20)21-8-12-7-11-5-4-10(3)6-13(11)18-15(12)17/h4-7,9,14H,8H2,1-3H3,(H,19,20). The Labute approximate surface area is 133 Å². The smallest absolute Gasteiger partial charge is 0.316 e. The van der Waals surface area contributed by atoms with Crippen molar-refractivity contribution >= 4 is 40.2 Å². The van der Waals surface area contributed by atoms with Gasteiger partial charge in [-0.25, -0.2) is 4.98 Å². The maximum Gasteiger partial charge on any atom is 0.316 e. The molecule has 0 spiro atoms. The van der Waals surface area contributed by atoms with Crippen molar-refractivity contribution in [2.24, 2.45) is 5.92 Å². The summed E-state index contributed by atoms with van der Waals surface area (Å²) < 4.78 is 0. The summed E-state index contributed by atoms with van der Waals surface area (Å²) in [5, 5.41) is 10.3. The van der Waals surface area contributed by atoms with E-state index in [-0.39, 0.29) is 5.92 Å². The number of rotatable bonds is 5. The van der Waals surface area contributed by atoms with Crippen LogP contribution >= 0.6 is 23.4 Å². The van der Waals surface area contributed by atoms with E-state index in [4.69, 9.17) is 11.6 Å². The van der Waals surface area contributed by atoms with Crippen LogP contribution in [0.25, 0.3) is 10.9 Å². The van der Waals surface area contributed by atoms with Crippen LogP contribution in [-0.2, 0) is 10.5 Å². The van der Waals surface area contributed by atoms with E-state index in [1.54, 1.807) is 0 Å². The molecule has 0 amide bonds. The zero-order valence-electron chi connectivity index (χ0n) is 12.3. The molecule has 1 N–H and O–H groups in total. The zero-order chi connectivity index (χ0) is 15.6. The third-order valence-electron chi connectivity index (χ3n) is 3.27. The molecule has 1 unspecified atom stereocenters. The molecule has 3 nitrogen and oxygen atoms in total. The maximum atomic E-state index is 11.2. The molecule has 5 heteroatoms. The summed E-state index contributed by atoms with van der Waals surface area (Å²) in [6, 6.07) is 8.03. The molecule has 21 heavy (non-hydrogen) atoms. The number of hydrogen-bond acceptors (Lipinski definition) is 3. The molecule has 0 aliphatic rings. The molecule has 112 valence electrons. The first-order chi connectivity index (χ1) is 9.88. The van der Waals surface area contributed by atoms with Gasteiger partial charge >= 0.3 is 5.97 Å². The molecule has 0 radical (unpaired) electrons. The Morgan fingerprint density at radius 2 is 2.10 bits per heavy atom. The minimum absolute atomic E-state index is 0.0716. The third kappa shape index (κ3) is 3.89. The number of nitrogens with zero attached hydrogens (tertiary/aromatic N) is 1. The highest BCUT2D eigenvalue weighted by Crippen LogP contribution is 2.29. The number of carbonyl (C=O) groups is 1. The highest BCUT2D eigenvalue weighted by molar-refractivity contribution is 7.99. The van der Waals surface area contributed by atoms with Crippen LogP contribution in [0, 0.1) is 12.8 Å². The maximum absolute atomic E-state index is 11.2. The van der Waals surface area contributed by atoms with Gasteiger partial charge in [0.05, 0.1) is 5.52 Å². The molecule has 2 aromatic rings. The molecule has 1 atom stereocenters. The van der Waals surface area contributed by atoms with Crippen LogP contribution < -0.4 is 0 Å². The summed E-state index contributed by atoms with van der Waals surface area (Å²) in [7, 11) is 0. The number of hydrogen-bond donors (Lipinski definition) is 1. The lowest BCUT2D eigenvalue weighted by atomic mass is 10.1. The first-order valence-corrected chi connectivity index (χ1v) is 8.21. The second-order valence-electron chi connectivity index (χ2n) is 5.45. The molecule has 1 heterocycles. The van der Waals surface area contributed by atoms with Crippen molar-refractivity contribution in [3.8, 4) is 0 Å². The Bertz CT molecular complexity index is 673. The number of aryl methyl sites for hydroxylation is 1. The van der Waals surface area contributed by atoms with Crippen molar-refractivity contribution < 1.29 is 9.90 Å². The molecular weight excluding hydrogens is 306 g/mol. The van der Waals surface area contributed by atoms with Gasteiger partial charge in [-0.1, -0.05) is 37.6 Å². The lowest BCUT2D eigenvalue weighted by molar-refractivity contribution is -0.137. The molecule has 0 bridgehead atoms. The van der Waals surface area contributed by atoms with Gasteiger partial charge in [0.25, 0.3) is 0 Å². The summed E-state index contributed by atoms with van der Waals surface area (Å²) in [5.41, 5.74) is 2.89. The van der Waals surface area contributed by atoms with E-state index in [0.29, 0.717) is 10.9 Å². The van der Waals surface area contributed by atoms with Gasteiger partial charge in [-0.15, -0.1) is 11.8 Å². The number of benzene rings is 1. The van der Waals surface area contributed by atoms with E-state index in [9.17, 15) is 9.90 Å². The van der Waals surface area contributed by atoms with Gasteiger partial charge in [-0.3, -0.25) is 4.79 Å². The van der Waals surface area contributed by atoms with Crippen molar-refractivity contribution in [2.45, 2.75) is 31.8 Å². The molecule has 0 saturated carbocycles. The second kappa shape index (κ2) is 6.67. The average molecular weight is 324 g/mol. The summed E-state index contributed by atoms with van der Waals surface area (Å²) in [6.07, 6.45) is 0. The van der Waals surface area contributed by atoms with Crippen LogP contribution in [-0.4, -0.2) is 21.3 Å². The van der Waals surface area contributed by atoms with Crippen LogP contribution in [0.4, 0.5) is 0 Å². The van der Waals surface area contributed by atoms with Crippen LogP contribution in [0.15, 0.2) is 24.3 Å². The van der Waals surface area contributed by atoms with Gasteiger partial charge in [0.2, 0.25) is 0 Å². The second-order valence-corrected chi connectivity index (χ2v) is 6.94. The van der Waals surface area contributed by atoms with Crippen molar-refractivity contribution in [3.63, 3.8) is 0 Å². The summed E-state index contributed by atoms with van der Waals surface area (Å²) in [6.45, 7) is 5.84. The monoisotopic (exact) mass is 323 g/mol. The number of carboxylic acid groups (broad SMARTS) is 1. The number of aromatic nitrogens is 1. The number of fused-ring (bicyclic) bond motifs is 1. The number of aliphatic carboxylic acids is 1. The van der Waals surface area contributed by atoms with Gasteiger partial charge in [0.1, 0.15) is 10.4 Å². The summed E-state index contributed by atoms with van der Waals surface area (Å²) >= 11 is 7.62. The number of pyridine rings is 1. The fourth-order valence-electron chi connectivity index (χ4n) is 2.13. The van der Waals surface area contributed by atoms with Crippen molar-refractivity contribution in [2.75, 3.05) is 0 Å². The number of halogens is 1. The van der Waals surface area contributed by atoms with E-state index in [1.807, 2.05) is 45.0 Å². The first-order valence-electron chi connectivity index (χ1n) is 6.78. The normalized spacial score (nSPS) is 12.8. The van der Waals surface area contributed by atoms with E-state index >= 15 is 0 Å². The van der Waals surface area contributed by atoms with E-state index in [2.05, 4.69) is 4.98 Å². The Kier molecular flexibility index (Phi) is 5.12. The minimum Gasteiger partial charge on any atom is -0.480 e. The molecule has 0 aliphatic heterocycles. The Morgan fingerprint density at radius 1 is 1.38 bits per heavy atom. The van der Waals surface area contributed by atoms with Gasteiger partial charge in [0, 0.05) is 16.7 Å². The SMILES string of the molecule is Cc1ccc2cc(CSC(C(=O)O)C(C)C)c(Cl)nc2c1. The van der Waals surface area contributed by atoms with E-state index in [0.717, 1.165) is 22.0 Å². The highest BCUT2D eigenvalue weighted by atomic mass is 35.5. The topological polar surface area (TPSA) is 50.2 Å². The quantitative estimate of drug-likeness (QED) is 0.821. The minimum atomic E-state index is -0.782. The summed E-state index contributed by atoms with van der Waals surface area (Å²) in [4.78, 5) is 15.6. The predicted molar refractivity (Wildman–Crippen MR) is 89.0 cm³/mol. The van der Waals surface area contributed by atoms with Crippen molar-refractivity contribution in [1.29, 1.82) is 0 Å². The number of carboxylic acids is 1. The van der Waals surface area contributed by atoms with Crippen molar-refractivity contribution in [1.82, 2.24) is 4.98 Å². The van der Waals surface area contributed by atoms with Gasteiger partial charge in [-0.2, -0.15) is 0 Å². The molecule has 0 fully saturated rings. The van der Waals surface area contributed by atoms with Crippen LogP contribution in [0.1, 0.15) is 25.0 Å². The van der Waals surface area contributed by atoms with Gasteiger partial charge in [-0.05, 0) is 30.5 Å². The van der Waals surface area contributed by atoms with Gasteiger partial charge in [0.15, 0.2) is 0 Å². The number of thioether (sulfide) groups is 1. The molecular formula is C16H18ClNO2S.